The van der Waals surface area contributed by atoms with Crippen LogP contribution in [0.2, 0.25) is 0 Å². The Bertz CT molecular complexity index is 94.1. The van der Waals surface area contributed by atoms with E-state index in [0.717, 1.165) is 19.3 Å². The van der Waals surface area contributed by atoms with Crippen molar-refractivity contribution in [3.63, 3.8) is 0 Å². The lowest BCUT2D eigenvalue weighted by Gasteiger charge is -2.30. The number of halogens is 1. The van der Waals surface area contributed by atoms with Gasteiger partial charge in [-0.05, 0) is 33.9 Å². The SMILES string of the molecule is CCCCC(C)(O)N(C)C.Cl. The van der Waals surface area contributed by atoms with Crippen LogP contribution in [0.25, 0.3) is 0 Å². The highest BCUT2D eigenvalue weighted by atomic mass is 35.5. The molecule has 0 heterocycles. The molecule has 0 amide bonds. The molecule has 0 aliphatic carbocycles. The minimum Gasteiger partial charge on any atom is -0.376 e. The molecule has 0 radical (unpaired) electrons. The molecule has 11 heavy (non-hydrogen) atoms. The van der Waals surface area contributed by atoms with Crippen molar-refractivity contribution < 1.29 is 5.11 Å². The second-order valence-corrected chi connectivity index (χ2v) is 3.21. The first-order valence-corrected chi connectivity index (χ1v) is 3.90. The second kappa shape index (κ2) is 5.81. The Morgan fingerprint density at radius 1 is 1.36 bits per heavy atom. The molecule has 1 atom stereocenters. The van der Waals surface area contributed by atoms with Crippen molar-refractivity contribution >= 4 is 12.4 Å². The molecule has 1 N–H and O–H groups in total. The standard InChI is InChI=1S/C8H19NO.ClH/c1-5-6-7-8(2,10)9(3)4;/h10H,5-7H2,1-4H3;1H. The van der Waals surface area contributed by atoms with Crippen LogP contribution in [0.1, 0.15) is 33.1 Å². The van der Waals surface area contributed by atoms with Crippen molar-refractivity contribution in [3.05, 3.63) is 0 Å². The molecule has 0 aromatic rings. The van der Waals surface area contributed by atoms with Gasteiger partial charge in [0, 0.05) is 0 Å². The van der Waals surface area contributed by atoms with Crippen LogP contribution in [0.15, 0.2) is 0 Å². The Kier molecular flexibility index (Phi) is 7.28. The fourth-order valence-corrected chi connectivity index (χ4v) is 0.735. The third kappa shape index (κ3) is 5.48. The molecule has 0 rings (SSSR count). The highest BCUT2D eigenvalue weighted by Gasteiger charge is 2.21. The van der Waals surface area contributed by atoms with Gasteiger partial charge in [0.05, 0.1) is 0 Å². The van der Waals surface area contributed by atoms with Gasteiger partial charge in [0.1, 0.15) is 5.72 Å². The molecule has 0 spiro atoms. The molecule has 0 aromatic heterocycles. The molecular weight excluding hydrogens is 162 g/mol. The largest absolute Gasteiger partial charge is 0.376 e. The first-order valence-electron chi connectivity index (χ1n) is 3.90. The van der Waals surface area contributed by atoms with Crippen LogP contribution in [-0.2, 0) is 0 Å². The zero-order valence-electron chi connectivity index (χ0n) is 7.92. The van der Waals surface area contributed by atoms with Crippen molar-refractivity contribution in [2.45, 2.75) is 38.8 Å². The minimum absolute atomic E-state index is 0. The lowest BCUT2D eigenvalue weighted by Crippen LogP contribution is -2.40. The summed E-state index contributed by atoms with van der Waals surface area (Å²) in [5.41, 5.74) is -0.615. The topological polar surface area (TPSA) is 23.5 Å². The van der Waals surface area contributed by atoms with Crippen LogP contribution in [0.4, 0.5) is 0 Å². The molecule has 0 saturated heterocycles. The van der Waals surface area contributed by atoms with Gasteiger partial charge in [0.25, 0.3) is 0 Å². The number of unbranched alkanes of at least 4 members (excludes halogenated alkanes) is 1. The molecule has 70 valence electrons. The van der Waals surface area contributed by atoms with Gasteiger partial charge in [-0.2, -0.15) is 0 Å². The van der Waals surface area contributed by atoms with Crippen LogP contribution in [0, 0.1) is 0 Å². The van der Waals surface area contributed by atoms with E-state index in [4.69, 9.17) is 0 Å². The van der Waals surface area contributed by atoms with Crippen LogP contribution < -0.4 is 0 Å². The minimum atomic E-state index is -0.615. The summed E-state index contributed by atoms with van der Waals surface area (Å²) in [5, 5.41) is 9.65. The number of hydrogen-bond acceptors (Lipinski definition) is 2. The highest BCUT2D eigenvalue weighted by Crippen LogP contribution is 2.14. The zero-order valence-corrected chi connectivity index (χ0v) is 8.74. The number of hydrogen-bond donors (Lipinski definition) is 1. The summed E-state index contributed by atoms with van der Waals surface area (Å²) in [6.07, 6.45) is 3.09. The predicted octanol–water partition coefficient (Wildman–Crippen LogP) is 1.87. The zero-order chi connectivity index (χ0) is 8.20. The molecule has 0 aliphatic rings. The van der Waals surface area contributed by atoms with Gasteiger partial charge in [0.15, 0.2) is 0 Å². The monoisotopic (exact) mass is 181 g/mol. The lowest BCUT2D eigenvalue weighted by atomic mass is 10.1. The van der Waals surface area contributed by atoms with E-state index in [-0.39, 0.29) is 12.4 Å². The van der Waals surface area contributed by atoms with Gasteiger partial charge < -0.3 is 5.11 Å². The van der Waals surface area contributed by atoms with E-state index in [1.54, 1.807) is 0 Å². The van der Waals surface area contributed by atoms with Crippen LogP contribution in [0.3, 0.4) is 0 Å². The Morgan fingerprint density at radius 3 is 2.09 bits per heavy atom. The van der Waals surface area contributed by atoms with Crippen molar-refractivity contribution in [1.82, 2.24) is 4.90 Å². The molecule has 1 unspecified atom stereocenters. The Balaban J connectivity index is 0. The number of aliphatic hydroxyl groups is 1. The van der Waals surface area contributed by atoms with E-state index in [0.29, 0.717) is 0 Å². The maximum absolute atomic E-state index is 9.65. The maximum atomic E-state index is 9.65. The van der Waals surface area contributed by atoms with Crippen molar-refractivity contribution in [2.24, 2.45) is 0 Å². The third-order valence-electron chi connectivity index (χ3n) is 1.97. The van der Waals surface area contributed by atoms with E-state index in [2.05, 4.69) is 6.92 Å². The lowest BCUT2D eigenvalue weighted by molar-refractivity contribution is -0.0731. The third-order valence-corrected chi connectivity index (χ3v) is 1.97. The summed E-state index contributed by atoms with van der Waals surface area (Å²) in [5.74, 6) is 0. The van der Waals surface area contributed by atoms with Gasteiger partial charge in [-0.3, -0.25) is 4.90 Å². The van der Waals surface area contributed by atoms with Crippen molar-refractivity contribution in [1.29, 1.82) is 0 Å². The highest BCUT2D eigenvalue weighted by molar-refractivity contribution is 5.85. The molecule has 0 saturated carbocycles. The second-order valence-electron chi connectivity index (χ2n) is 3.21. The van der Waals surface area contributed by atoms with Crippen LogP contribution in [0.5, 0.6) is 0 Å². The van der Waals surface area contributed by atoms with Crippen LogP contribution in [-0.4, -0.2) is 29.8 Å². The summed E-state index contributed by atoms with van der Waals surface area (Å²) in [4.78, 5) is 1.85. The Morgan fingerprint density at radius 2 is 1.82 bits per heavy atom. The molecule has 0 aromatic carbocycles. The Labute approximate surface area is 76.0 Å². The van der Waals surface area contributed by atoms with Crippen molar-refractivity contribution in [2.75, 3.05) is 14.1 Å². The van der Waals surface area contributed by atoms with Gasteiger partial charge >= 0.3 is 0 Å². The molecular formula is C8H20ClNO. The average molecular weight is 182 g/mol. The molecule has 0 aliphatic heterocycles. The normalized spacial score (nSPS) is 15.8. The fraction of sp³-hybridized carbons (Fsp3) is 1.00. The average Bonchev–Trinajstić information content (AvgIpc) is 1.84. The van der Waals surface area contributed by atoms with E-state index in [1.165, 1.54) is 0 Å². The Hall–Kier alpha value is 0.210. The van der Waals surface area contributed by atoms with Gasteiger partial charge in [-0.15, -0.1) is 12.4 Å². The van der Waals surface area contributed by atoms with E-state index >= 15 is 0 Å². The van der Waals surface area contributed by atoms with Crippen molar-refractivity contribution in [3.8, 4) is 0 Å². The van der Waals surface area contributed by atoms with E-state index in [9.17, 15) is 5.11 Å². The van der Waals surface area contributed by atoms with Gasteiger partial charge in [-0.1, -0.05) is 13.3 Å². The van der Waals surface area contributed by atoms with E-state index in [1.807, 2.05) is 25.9 Å². The summed E-state index contributed by atoms with van der Waals surface area (Å²) in [6, 6.07) is 0. The van der Waals surface area contributed by atoms with Crippen LogP contribution >= 0.6 is 12.4 Å². The van der Waals surface area contributed by atoms with E-state index < -0.39 is 5.72 Å². The molecule has 3 heteroatoms. The van der Waals surface area contributed by atoms with Gasteiger partial charge in [-0.25, -0.2) is 0 Å². The quantitative estimate of drug-likeness (QED) is 0.670. The molecule has 0 fully saturated rings. The maximum Gasteiger partial charge on any atom is 0.115 e. The first kappa shape index (κ1) is 13.8. The first-order chi connectivity index (χ1) is 4.50. The fourth-order valence-electron chi connectivity index (χ4n) is 0.735. The molecule has 0 bridgehead atoms. The summed E-state index contributed by atoms with van der Waals surface area (Å²) in [7, 11) is 3.80. The number of nitrogens with zero attached hydrogens (tertiary/aromatic N) is 1. The summed E-state index contributed by atoms with van der Waals surface area (Å²) >= 11 is 0. The summed E-state index contributed by atoms with van der Waals surface area (Å²) in [6.45, 7) is 3.98. The predicted molar refractivity (Wildman–Crippen MR) is 51.1 cm³/mol. The van der Waals surface area contributed by atoms with Gasteiger partial charge in [0.2, 0.25) is 0 Å². The number of rotatable bonds is 4. The molecule has 2 nitrogen and oxygen atoms in total. The smallest absolute Gasteiger partial charge is 0.115 e. The summed E-state index contributed by atoms with van der Waals surface area (Å²) < 4.78 is 0.